The molecule has 0 saturated heterocycles. The van der Waals surface area contributed by atoms with Crippen LogP contribution in [0.1, 0.15) is 23.4 Å². The van der Waals surface area contributed by atoms with Crippen molar-refractivity contribution in [3.63, 3.8) is 0 Å². The molecule has 5 heteroatoms. The van der Waals surface area contributed by atoms with Gasteiger partial charge in [0.05, 0.1) is 11.6 Å². The minimum atomic E-state index is -0.295. The van der Waals surface area contributed by atoms with Gasteiger partial charge in [0.15, 0.2) is 5.58 Å². The lowest BCUT2D eigenvalue weighted by atomic mass is 10.1. The van der Waals surface area contributed by atoms with Gasteiger partial charge in [0.25, 0.3) is 0 Å². The molecule has 0 bridgehead atoms. The smallest absolute Gasteiger partial charge is 0.408 e. The van der Waals surface area contributed by atoms with Gasteiger partial charge in [-0.2, -0.15) is 0 Å². The minimum absolute atomic E-state index is 0.120. The second-order valence-corrected chi connectivity index (χ2v) is 5.56. The molecule has 3 aromatic rings. The van der Waals surface area contributed by atoms with E-state index in [0.29, 0.717) is 12.1 Å². The van der Waals surface area contributed by atoms with E-state index < -0.39 is 0 Å². The van der Waals surface area contributed by atoms with Crippen LogP contribution >= 0.6 is 11.3 Å². The number of nitrogens with zero attached hydrogens (tertiary/aromatic N) is 1. The zero-order chi connectivity index (χ0) is 14.1. The monoisotopic (exact) mass is 288 g/mol. The quantitative estimate of drug-likeness (QED) is 0.803. The van der Waals surface area contributed by atoms with Gasteiger partial charge in [0.1, 0.15) is 0 Å². The molecular weight excluding hydrogens is 272 g/mol. The summed E-state index contributed by atoms with van der Waals surface area (Å²) in [6.07, 6.45) is 0. The Hall–Kier alpha value is -1.85. The summed E-state index contributed by atoms with van der Waals surface area (Å²) in [6, 6.07) is 10.2. The molecule has 1 aromatic carbocycles. The summed E-state index contributed by atoms with van der Waals surface area (Å²) in [5, 5.41) is 5.37. The first-order valence-corrected chi connectivity index (χ1v) is 7.46. The SMILES string of the molecule is CCn1c(=O)oc2cc(C(NC)c3cccs3)ccc21. The van der Waals surface area contributed by atoms with Crippen LogP contribution in [0.2, 0.25) is 0 Å². The van der Waals surface area contributed by atoms with Crippen molar-refractivity contribution in [2.75, 3.05) is 7.05 Å². The summed E-state index contributed by atoms with van der Waals surface area (Å²) in [6.45, 7) is 2.55. The Morgan fingerprint density at radius 1 is 1.40 bits per heavy atom. The van der Waals surface area contributed by atoms with Crippen LogP contribution in [0, 0.1) is 0 Å². The number of rotatable bonds is 4. The molecule has 2 heterocycles. The van der Waals surface area contributed by atoms with Crippen molar-refractivity contribution in [2.24, 2.45) is 0 Å². The summed E-state index contributed by atoms with van der Waals surface area (Å²) in [5.41, 5.74) is 2.59. The van der Waals surface area contributed by atoms with Crippen molar-refractivity contribution in [3.8, 4) is 0 Å². The fourth-order valence-corrected chi connectivity index (χ4v) is 3.35. The molecule has 0 aliphatic carbocycles. The predicted molar refractivity (Wildman–Crippen MR) is 81.4 cm³/mol. The van der Waals surface area contributed by atoms with E-state index in [1.54, 1.807) is 15.9 Å². The molecule has 0 radical (unpaired) electrons. The van der Waals surface area contributed by atoms with Crippen LogP contribution in [0.5, 0.6) is 0 Å². The molecular formula is C15H16N2O2S. The third kappa shape index (κ3) is 2.09. The average Bonchev–Trinajstić information content (AvgIpc) is 3.06. The maximum Gasteiger partial charge on any atom is 0.419 e. The number of oxazole rings is 1. The Balaban J connectivity index is 2.11. The Kier molecular flexibility index (Phi) is 3.46. The van der Waals surface area contributed by atoms with Crippen LogP contribution in [-0.2, 0) is 6.54 Å². The number of fused-ring (bicyclic) bond motifs is 1. The van der Waals surface area contributed by atoms with Gasteiger partial charge < -0.3 is 9.73 Å². The van der Waals surface area contributed by atoms with E-state index in [9.17, 15) is 4.79 Å². The van der Waals surface area contributed by atoms with Gasteiger partial charge in [-0.1, -0.05) is 12.1 Å². The number of benzene rings is 1. The van der Waals surface area contributed by atoms with Gasteiger partial charge in [-0.25, -0.2) is 4.79 Å². The van der Waals surface area contributed by atoms with Crippen molar-refractivity contribution in [3.05, 3.63) is 56.7 Å². The van der Waals surface area contributed by atoms with Crippen LogP contribution in [0.25, 0.3) is 11.1 Å². The van der Waals surface area contributed by atoms with Crippen LogP contribution in [-0.4, -0.2) is 11.6 Å². The second kappa shape index (κ2) is 5.26. The highest BCUT2D eigenvalue weighted by molar-refractivity contribution is 7.10. The van der Waals surface area contributed by atoms with E-state index in [0.717, 1.165) is 11.1 Å². The first-order valence-electron chi connectivity index (χ1n) is 6.58. The van der Waals surface area contributed by atoms with Gasteiger partial charge >= 0.3 is 5.76 Å². The molecule has 1 atom stereocenters. The third-order valence-electron chi connectivity index (χ3n) is 3.46. The number of hydrogen-bond donors (Lipinski definition) is 1. The molecule has 1 N–H and O–H groups in total. The standard InChI is InChI=1S/C15H16N2O2S/c1-3-17-11-7-6-10(9-12(11)19-15(17)18)14(16-2)13-5-4-8-20-13/h4-9,14,16H,3H2,1-2H3. The van der Waals surface area contributed by atoms with Crippen molar-refractivity contribution < 1.29 is 4.42 Å². The Labute approximate surface area is 120 Å². The maximum absolute atomic E-state index is 11.7. The van der Waals surface area contributed by atoms with E-state index >= 15 is 0 Å². The number of aryl methyl sites for hydroxylation is 1. The molecule has 20 heavy (non-hydrogen) atoms. The fraction of sp³-hybridized carbons (Fsp3) is 0.267. The summed E-state index contributed by atoms with van der Waals surface area (Å²) in [5.74, 6) is -0.295. The van der Waals surface area contributed by atoms with Crippen LogP contribution < -0.4 is 11.1 Å². The largest absolute Gasteiger partial charge is 0.419 e. The number of thiophene rings is 1. The molecule has 1 unspecified atom stereocenters. The lowest BCUT2D eigenvalue weighted by Gasteiger charge is -2.14. The van der Waals surface area contributed by atoms with E-state index in [1.165, 1.54) is 4.88 Å². The molecule has 4 nitrogen and oxygen atoms in total. The zero-order valence-electron chi connectivity index (χ0n) is 11.4. The van der Waals surface area contributed by atoms with Crippen molar-refractivity contribution in [2.45, 2.75) is 19.5 Å². The highest BCUT2D eigenvalue weighted by Gasteiger charge is 2.15. The van der Waals surface area contributed by atoms with E-state index in [1.807, 2.05) is 38.2 Å². The number of hydrogen-bond acceptors (Lipinski definition) is 4. The molecule has 3 rings (SSSR count). The average molecular weight is 288 g/mol. The van der Waals surface area contributed by atoms with Crippen molar-refractivity contribution in [1.29, 1.82) is 0 Å². The highest BCUT2D eigenvalue weighted by Crippen LogP contribution is 2.27. The normalized spacial score (nSPS) is 12.9. The van der Waals surface area contributed by atoms with E-state index in [2.05, 4.69) is 16.8 Å². The van der Waals surface area contributed by atoms with Gasteiger partial charge in [-0.15, -0.1) is 11.3 Å². The minimum Gasteiger partial charge on any atom is -0.408 e. The first-order chi connectivity index (χ1) is 9.74. The molecule has 0 fully saturated rings. The van der Waals surface area contributed by atoms with E-state index in [-0.39, 0.29) is 11.8 Å². The van der Waals surface area contributed by atoms with Crippen LogP contribution in [0.4, 0.5) is 0 Å². The molecule has 0 spiro atoms. The topological polar surface area (TPSA) is 47.2 Å². The second-order valence-electron chi connectivity index (χ2n) is 4.58. The van der Waals surface area contributed by atoms with Gasteiger partial charge in [-0.05, 0) is 43.1 Å². The molecule has 0 aliphatic heterocycles. The highest BCUT2D eigenvalue weighted by atomic mass is 32.1. The van der Waals surface area contributed by atoms with Gasteiger partial charge in [0, 0.05) is 11.4 Å². The third-order valence-corrected chi connectivity index (χ3v) is 4.40. The predicted octanol–water partition coefficient (Wildman–Crippen LogP) is 2.98. The lowest BCUT2D eigenvalue weighted by Crippen LogP contribution is -2.16. The maximum atomic E-state index is 11.7. The first kappa shape index (κ1) is 13.1. The van der Waals surface area contributed by atoms with E-state index in [4.69, 9.17) is 4.42 Å². The molecule has 0 aliphatic rings. The summed E-state index contributed by atoms with van der Waals surface area (Å²) >= 11 is 1.71. The zero-order valence-corrected chi connectivity index (χ0v) is 12.2. The summed E-state index contributed by atoms with van der Waals surface area (Å²) in [7, 11) is 1.93. The van der Waals surface area contributed by atoms with Crippen molar-refractivity contribution >= 4 is 22.4 Å². The molecule has 2 aromatic heterocycles. The van der Waals surface area contributed by atoms with Gasteiger partial charge in [-0.3, -0.25) is 4.57 Å². The Morgan fingerprint density at radius 3 is 2.90 bits per heavy atom. The number of nitrogens with one attached hydrogen (secondary N) is 1. The van der Waals surface area contributed by atoms with Crippen LogP contribution in [0.15, 0.2) is 44.9 Å². The Morgan fingerprint density at radius 2 is 2.25 bits per heavy atom. The molecule has 104 valence electrons. The Bertz CT molecular complexity index is 771. The molecule has 0 amide bonds. The summed E-state index contributed by atoms with van der Waals surface area (Å²) < 4.78 is 6.96. The van der Waals surface area contributed by atoms with Crippen LogP contribution in [0.3, 0.4) is 0 Å². The summed E-state index contributed by atoms with van der Waals surface area (Å²) in [4.78, 5) is 13.0. The molecule has 0 saturated carbocycles. The van der Waals surface area contributed by atoms with Gasteiger partial charge in [0.2, 0.25) is 0 Å². The number of aromatic nitrogens is 1. The van der Waals surface area contributed by atoms with Crippen molar-refractivity contribution in [1.82, 2.24) is 9.88 Å². The lowest BCUT2D eigenvalue weighted by molar-refractivity contribution is 0.512. The fourth-order valence-electron chi connectivity index (χ4n) is 2.49.